The molecule has 0 spiro atoms. The van der Waals surface area contributed by atoms with Crippen molar-refractivity contribution in [1.29, 1.82) is 0 Å². The van der Waals surface area contributed by atoms with Crippen molar-refractivity contribution in [2.45, 2.75) is 51.1 Å². The van der Waals surface area contributed by atoms with Crippen LogP contribution in [0.5, 0.6) is 0 Å². The van der Waals surface area contributed by atoms with E-state index in [1.165, 1.54) is 12.8 Å². The first-order valence-electron chi connectivity index (χ1n) is 8.75. The highest BCUT2D eigenvalue weighted by atomic mass is 16.5. The highest BCUT2D eigenvalue weighted by Crippen LogP contribution is 2.38. The van der Waals surface area contributed by atoms with E-state index in [1.807, 2.05) is 13.0 Å². The van der Waals surface area contributed by atoms with Crippen LogP contribution in [0, 0.1) is 6.92 Å². The van der Waals surface area contributed by atoms with Gasteiger partial charge in [-0.25, -0.2) is 9.97 Å². The highest BCUT2D eigenvalue weighted by molar-refractivity contribution is 5.39. The van der Waals surface area contributed by atoms with E-state index in [1.54, 1.807) is 6.33 Å². The van der Waals surface area contributed by atoms with E-state index in [2.05, 4.69) is 37.0 Å². The minimum absolute atomic E-state index is 0.517. The van der Waals surface area contributed by atoms with Gasteiger partial charge in [-0.2, -0.15) is 4.98 Å². The second-order valence-electron chi connectivity index (χ2n) is 6.96. The number of hydrogen-bond acceptors (Lipinski definition) is 7. The Morgan fingerprint density at radius 1 is 1.21 bits per heavy atom. The maximum atomic E-state index is 5.35. The number of aryl methyl sites for hydroxylation is 1. The van der Waals surface area contributed by atoms with Gasteiger partial charge < -0.3 is 9.42 Å². The van der Waals surface area contributed by atoms with Crippen molar-refractivity contribution in [3.8, 4) is 0 Å². The van der Waals surface area contributed by atoms with Crippen LogP contribution in [0.2, 0.25) is 0 Å². The second-order valence-corrected chi connectivity index (χ2v) is 6.96. The van der Waals surface area contributed by atoms with Crippen LogP contribution in [-0.2, 0) is 6.54 Å². The van der Waals surface area contributed by atoms with Crippen LogP contribution in [-0.4, -0.2) is 51.2 Å². The van der Waals surface area contributed by atoms with Gasteiger partial charge in [0.2, 0.25) is 5.89 Å². The summed E-state index contributed by atoms with van der Waals surface area (Å²) in [5, 5.41) is 4.13. The zero-order valence-electron chi connectivity index (χ0n) is 14.4. The van der Waals surface area contributed by atoms with Gasteiger partial charge in [-0.15, -0.1) is 0 Å². The summed E-state index contributed by atoms with van der Waals surface area (Å²) in [5.41, 5.74) is 1.01. The monoisotopic (exact) mass is 328 g/mol. The van der Waals surface area contributed by atoms with Crippen LogP contribution in [0.4, 0.5) is 5.82 Å². The summed E-state index contributed by atoms with van der Waals surface area (Å²) in [6.07, 6.45) is 6.27. The Morgan fingerprint density at radius 3 is 2.71 bits per heavy atom. The van der Waals surface area contributed by atoms with E-state index < -0.39 is 0 Å². The fourth-order valence-corrected chi connectivity index (χ4v) is 3.31. The van der Waals surface area contributed by atoms with Crippen molar-refractivity contribution < 1.29 is 4.52 Å². The SMILES string of the molecule is Cc1cc(N(C)C2CCN(Cc3noc(C4CC4)n3)CC2)ncn1. The molecule has 7 nitrogen and oxygen atoms in total. The molecule has 7 heteroatoms. The largest absolute Gasteiger partial charge is 0.356 e. The number of rotatable bonds is 5. The third-order valence-corrected chi connectivity index (χ3v) is 5.03. The average Bonchev–Trinajstić information content (AvgIpc) is 3.35. The maximum Gasteiger partial charge on any atom is 0.229 e. The van der Waals surface area contributed by atoms with Gasteiger partial charge in [-0.05, 0) is 32.6 Å². The van der Waals surface area contributed by atoms with E-state index in [-0.39, 0.29) is 0 Å². The molecule has 0 unspecified atom stereocenters. The number of hydrogen-bond donors (Lipinski definition) is 0. The summed E-state index contributed by atoms with van der Waals surface area (Å²) in [6.45, 7) is 4.89. The van der Waals surface area contributed by atoms with Crippen molar-refractivity contribution in [3.63, 3.8) is 0 Å². The predicted molar refractivity (Wildman–Crippen MR) is 89.7 cm³/mol. The van der Waals surface area contributed by atoms with Gasteiger partial charge >= 0.3 is 0 Å². The van der Waals surface area contributed by atoms with Gasteiger partial charge in [0, 0.05) is 43.9 Å². The van der Waals surface area contributed by atoms with E-state index >= 15 is 0 Å². The van der Waals surface area contributed by atoms with Gasteiger partial charge in [-0.3, -0.25) is 4.90 Å². The summed E-state index contributed by atoms with van der Waals surface area (Å²) in [5.74, 6) is 3.20. The molecule has 0 amide bonds. The number of piperidine rings is 1. The van der Waals surface area contributed by atoms with Gasteiger partial charge in [0.05, 0.1) is 6.54 Å². The minimum atomic E-state index is 0.517. The van der Waals surface area contributed by atoms with Crippen LogP contribution < -0.4 is 4.90 Å². The minimum Gasteiger partial charge on any atom is -0.356 e. The summed E-state index contributed by atoms with van der Waals surface area (Å²) < 4.78 is 5.35. The van der Waals surface area contributed by atoms with Crippen LogP contribution in [0.1, 0.15) is 49.0 Å². The topological polar surface area (TPSA) is 71.2 Å². The number of anilines is 1. The normalized spacial score (nSPS) is 19.6. The number of aromatic nitrogens is 4. The molecule has 1 aliphatic carbocycles. The van der Waals surface area contributed by atoms with Crippen LogP contribution >= 0.6 is 0 Å². The second kappa shape index (κ2) is 6.47. The van der Waals surface area contributed by atoms with Gasteiger partial charge in [-0.1, -0.05) is 5.16 Å². The molecular formula is C17H24N6O. The molecular weight excluding hydrogens is 304 g/mol. The van der Waals surface area contributed by atoms with E-state index in [0.717, 1.165) is 55.7 Å². The third kappa shape index (κ3) is 3.40. The van der Waals surface area contributed by atoms with Gasteiger partial charge in [0.1, 0.15) is 12.1 Å². The Bertz CT molecular complexity index is 690. The average molecular weight is 328 g/mol. The Hall–Kier alpha value is -2.02. The molecule has 0 aromatic carbocycles. The number of nitrogens with zero attached hydrogens (tertiary/aromatic N) is 6. The first-order valence-corrected chi connectivity index (χ1v) is 8.75. The van der Waals surface area contributed by atoms with Gasteiger partial charge in [0.25, 0.3) is 0 Å². The number of likely N-dealkylation sites (tertiary alicyclic amines) is 1. The first kappa shape index (κ1) is 15.5. The Morgan fingerprint density at radius 2 is 2.00 bits per heavy atom. The van der Waals surface area contributed by atoms with Crippen molar-refractivity contribution in [2.75, 3.05) is 25.0 Å². The lowest BCUT2D eigenvalue weighted by molar-refractivity contribution is 0.196. The van der Waals surface area contributed by atoms with E-state index in [0.29, 0.717) is 12.0 Å². The first-order chi connectivity index (χ1) is 11.7. The standard InChI is InChI=1S/C17H24N6O/c1-12-9-16(19-11-18-12)22(2)14-5-7-23(8-6-14)10-15-20-17(24-21-15)13-3-4-13/h9,11,13-14H,3-8,10H2,1-2H3. The van der Waals surface area contributed by atoms with Crippen molar-refractivity contribution in [1.82, 2.24) is 25.0 Å². The Balaban J connectivity index is 1.31. The molecule has 0 bridgehead atoms. The van der Waals surface area contributed by atoms with E-state index in [4.69, 9.17) is 4.52 Å². The molecule has 2 aromatic rings. The van der Waals surface area contributed by atoms with Crippen molar-refractivity contribution >= 4 is 5.82 Å². The molecule has 1 aliphatic heterocycles. The lowest BCUT2D eigenvalue weighted by Gasteiger charge is -2.36. The molecule has 3 heterocycles. The van der Waals surface area contributed by atoms with Gasteiger partial charge in [0.15, 0.2) is 5.82 Å². The molecule has 1 saturated carbocycles. The molecule has 2 aliphatic rings. The molecule has 0 N–H and O–H groups in total. The van der Waals surface area contributed by atoms with Crippen molar-refractivity contribution in [3.05, 3.63) is 29.8 Å². The van der Waals surface area contributed by atoms with Crippen LogP contribution in [0.3, 0.4) is 0 Å². The fourth-order valence-electron chi connectivity index (χ4n) is 3.31. The summed E-state index contributed by atoms with van der Waals surface area (Å²) in [4.78, 5) is 17.8. The highest BCUT2D eigenvalue weighted by Gasteiger charge is 2.30. The fraction of sp³-hybridized carbons (Fsp3) is 0.647. The van der Waals surface area contributed by atoms with E-state index in [9.17, 15) is 0 Å². The molecule has 2 aromatic heterocycles. The molecule has 0 atom stereocenters. The quantitative estimate of drug-likeness (QED) is 0.832. The smallest absolute Gasteiger partial charge is 0.229 e. The summed E-state index contributed by atoms with van der Waals surface area (Å²) in [7, 11) is 2.13. The maximum absolute atomic E-state index is 5.35. The molecule has 1 saturated heterocycles. The van der Waals surface area contributed by atoms with Crippen molar-refractivity contribution in [2.24, 2.45) is 0 Å². The predicted octanol–water partition coefficient (Wildman–Crippen LogP) is 2.15. The van der Waals surface area contributed by atoms with Crippen LogP contribution in [0.25, 0.3) is 0 Å². The summed E-state index contributed by atoms with van der Waals surface area (Å²) in [6, 6.07) is 2.56. The third-order valence-electron chi connectivity index (χ3n) is 5.03. The molecule has 2 fully saturated rings. The lowest BCUT2D eigenvalue weighted by atomic mass is 10.0. The lowest BCUT2D eigenvalue weighted by Crippen LogP contribution is -2.43. The molecule has 128 valence electrons. The van der Waals surface area contributed by atoms with Crippen LogP contribution in [0.15, 0.2) is 16.9 Å². The molecule has 0 radical (unpaired) electrons. The Kier molecular flexibility index (Phi) is 4.18. The molecule has 4 rings (SSSR count). The summed E-state index contributed by atoms with van der Waals surface area (Å²) >= 11 is 0. The molecule has 24 heavy (non-hydrogen) atoms. The zero-order chi connectivity index (χ0) is 16.5. The Labute approximate surface area is 142 Å². The zero-order valence-corrected chi connectivity index (χ0v) is 14.4.